The van der Waals surface area contributed by atoms with E-state index in [1.54, 1.807) is 13.0 Å². The van der Waals surface area contributed by atoms with Crippen molar-refractivity contribution in [1.82, 2.24) is 15.1 Å². The molecular formula is C28H40N6O3. The molecule has 37 heavy (non-hydrogen) atoms. The Morgan fingerprint density at radius 2 is 1.70 bits per heavy atom. The van der Waals surface area contributed by atoms with Crippen LogP contribution in [0.25, 0.3) is 0 Å². The highest BCUT2D eigenvalue weighted by atomic mass is 16.5. The molecule has 0 unspecified atom stereocenters. The van der Waals surface area contributed by atoms with Gasteiger partial charge in [0, 0.05) is 51.0 Å². The molecule has 1 amide bonds. The van der Waals surface area contributed by atoms with E-state index in [1.165, 1.54) is 18.1 Å². The summed E-state index contributed by atoms with van der Waals surface area (Å²) in [7, 11) is 1.54. The molecule has 1 saturated heterocycles. The molecule has 1 heterocycles. The first-order chi connectivity index (χ1) is 17.7. The molecule has 1 aliphatic rings. The first-order valence-corrected chi connectivity index (χ1v) is 12.9. The standard InChI is InChI=1S/C28H40N6O3/c1-6-31-28(36)27(30)34(26(29)23-16-22(19(3)4)25(37-5)17-24(23)35)21-10-8-20(9-11-21)18-33-14-12-32(7-2)13-15-33/h8-11,16-17,19,29-30,35H,6-7,12-15,18H2,1-5H3,(H,31,36). The van der Waals surface area contributed by atoms with Crippen molar-refractivity contribution in [1.29, 1.82) is 10.8 Å². The highest BCUT2D eigenvalue weighted by molar-refractivity contribution is 6.48. The maximum absolute atomic E-state index is 12.7. The Morgan fingerprint density at radius 3 is 2.24 bits per heavy atom. The molecule has 0 radical (unpaired) electrons. The van der Waals surface area contributed by atoms with E-state index < -0.39 is 11.7 Å². The largest absolute Gasteiger partial charge is 0.507 e. The van der Waals surface area contributed by atoms with Crippen LogP contribution in [-0.4, -0.2) is 78.9 Å². The number of benzene rings is 2. The lowest BCUT2D eigenvalue weighted by atomic mass is 9.97. The molecule has 200 valence electrons. The summed E-state index contributed by atoms with van der Waals surface area (Å²) < 4.78 is 5.42. The molecule has 4 N–H and O–H groups in total. The van der Waals surface area contributed by atoms with Crippen molar-refractivity contribution in [2.75, 3.05) is 51.3 Å². The van der Waals surface area contributed by atoms with Gasteiger partial charge in [-0.15, -0.1) is 0 Å². The molecule has 0 bridgehead atoms. The van der Waals surface area contributed by atoms with Crippen molar-refractivity contribution in [2.24, 2.45) is 0 Å². The van der Waals surface area contributed by atoms with Crippen LogP contribution in [0.5, 0.6) is 11.5 Å². The molecule has 2 aromatic rings. The van der Waals surface area contributed by atoms with Crippen molar-refractivity contribution in [3.05, 3.63) is 53.1 Å². The number of aromatic hydroxyl groups is 1. The van der Waals surface area contributed by atoms with Crippen LogP contribution < -0.4 is 15.0 Å². The van der Waals surface area contributed by atoms with Gasteiger partial charge in [0.15, 0.2) is 5.84 Å². The fraction of sp³-hybridized carbons (Fsp3) is 0.464. The monoisotopic (exact) mass is 508 g/mol. The van der Waals surface area contributed by atoms with Crippen LogP contribution in [0.3, 0.4) is 0 Å². The predicted molar refractivity (Wildman–Crippen MR) is 148 cm³/mol. The summed E-state index contributed by atoms with van der Waals surface area (Å²) in [5, 5.41) is 31.0. The number of amidine groups is 2. The smallest absolute Gasteiger partial charge is 0.287 e. The Bertz CT molecular complexity index is 1110. The number of anilines is 1. The van der Waals surface area contributed by atoms with Gasteiger partial charge in [-0.2, -0.15) is 0 Å². The lowest BCUT2D eigenvalue weighted by Gasteiger charge is -2.34. The highest BCUT2D eigenvalue weighted by Crippen LogP contribution is 2.34. The Balaban J connectivity index is 1.92. The third-order valence-electron chi connectivity index (χ3n) is 6.74. The van der Waals surface area contributed by atoms with Crippen LogP contribution in [0, 0.1) is 10.8 Å². The Kier molecular flexibility index (Phi) is 9.66. The fourth-order valence-corrected chi connectivity index (χ4v) is 4.51. The summed E-state index contributed by atoms with van der Waals surface area (Å²) in [6.07, 6.45) is 0. The molecule has 0 aliphatic carbocycles. The fourth-order valence-electron chi connectivity index (χ4n) is 4.51. The SMILES string of the molecule is CCNC(=O)C(=N)N(C(=N)c1cc(C(C)C)c(OC)cc1O)c1ccc(CN2CCN(CC)CC2)cc1. The summed E-state index contributed by atoms with van der Waals surface area (Å²) >= 11 is 0. The number of ether oxygens (including phenoxy) is 1. The van der Waals surface area contributed by atoms with E-state index >= 15 is 0 Å². The zero-order valence-corrected chi connectivity index (χ0v) is 22.6. The minimum absolute atomic E-state index is 0.0804. The van der Waals surface area contributed by atoms with E-state index in [0.717, 1.165) is 50.4 Å². The van der Waals surface area contributed by atoms with Crippen LogP contribution in [0.4, 0.5) is 5.69 Å². The molecule has 0 aromatic heterocycles. The van der Waals surface area contributed by atoms with Crippen molar-refractivity contribution in [2.45, 2.75) is 40.2 Å². The van der Waals surface area contributed by atoms with E-state index in [1.807, 2.05) is 38.1 Å². The van der Waals surface area contributed by atoms with Crippen LogP contribution in [0.15, 0.2) is 36.4 Å². The molecule has 3 rings (SSSR count). The second kappa shape index (κ2) is 12.7. The van der Waals surface area contributed by atoms with Crippen LogP contribution in [0.2, 0.25) is 0 Å². The third-order valence-corrected chi connectivity index (χ3v) is 6.74. The van der Waals surface area contributed by atoms with Crippen molar-refractivity contribution >= 4 is 23.3 Å². The molecule has 0 saturated carbocycles. The minimum Gasteiger partial charge on any atom is -0.507 e. The number of rotatable bonds is 8. The molecular weight excluding hydrogens is 468 g/mol. The first kappa shape index (κ1) is 28.1. The quantitative estimate of drug-likeness (QED) is 0.320. The van der Waals surface area contributed by atoms with E-state index in [4.69, 9.17) is 15.6 Å². The summed E-state index contributed by atoms with van der Waals surface area (Å²) in [4.78, 5) is 18.8. The van der Waals surface area contributed by atoms with E-state index in [2.05, 4.69) is 22.0 Å². The number of likely N-dealkylation sites (N-methyl/N-ethyl adjacent to an activating group) is 2. The van der Waals surface area contributed by atoms with Gasteiger partial charge in [-0.3, -0.25) is 25.4 Å². The molecule has 9 nitrogen and oxygen atoms in total. The number of phenols is 1. The first-order valence-electron chi connectivity index (χ1n) is 12.9. The molecule has 0 spiro atoms. The number of hydrogen-bond acceptors (Lipinski definition) is 7. The Morgan fingerprint density at radius 1 is 1.08 bits per heavy atom. The molecule has 1 aliphatic heterocycles. The number of piperazine rings is 1. The molecule has 9 heteroatoms. The number of methoxy groups -OCH3 is 1. The van der Waals surface area contributed by atoms with Crippen LogP contribution in [-0.2, 0) is 11.3 Å². The van der Waals surface area contributed by atoms with Crippen LogP contribution in [0.1, 0.15) is 50.3 Å². The van der Waals surface area contributed by atoms with E-state index in [9.17, 15) is 9.90 Å². The van der Waals surface area contributed by atoms with Gasteiger partial charge >= 0.3 is 0 Å². The maximum atomic E-state index is 12.7. The number of nitrogens with zero attached hydrogens (tertiary/aromatic N) is 3. The molecule has 0 atom stereocenters. The second-order valence-electron chi connectivity index (χ2n) is 9.53. The van der Waals surface area contributed by atoms with Gasteiger partial charge in [0.1, 0.15) is 17.3 Å². The van der Waals surface area contributed by atoms with E-state index in [-0.39, 0.29) is 23.1 Å². The summed E-state index contributed by atoms with van der Waals surface area (Å²) in [5.74, 6) is -0.696. The van der Waals surface area contributed by atoms with Gasteiger partial charge in [-0.1, -0.05) is 32.9 Å². The highest BCUT2D eigenvalue weighted by Gasteiger charge is 2.27. The zero-order chi connectivity index (χ0) is 27.1. The number of carbonyl (C=O) groups is 1. The number of phenolic OH excluding ortho intramolecular Hbond substituents is 1. The number of nitrogens with one attached hydrogen (secondary N) is 3. The van der Waals surface area contributed by atoms with Gasteiger partial charge in [0.25, 0.3) is 5.91 Å². The Labute approximate surface area is 220 Å². The van der Waals surface area contributed by atoms with Crippen molar-refractivity contribution in [3.63, 3.8) is 0 Å². The average Bonchev–Trinajstić information content (AvgIpc) is 2.89. The predicted octanol–water partition coefficient (Wildman–Crippen LogP) is 3.61. The van der Waals surface area contributed by atoms with Gasteiger partial charge in [-0.05, 0) is 48.7 Å². The number of amides is 1. The average molecular weight is 509 g/mol. The maximum Gasteiger partial charge on any atom is 0.287 e. The van der Waals surface area contributed by atoms with Gasteiger partial charge < -0.3 is 20.1 Å². The lowest BCUT2D eigenvalue weighted by Crippen LogP contribution is -2.46. The molecule has 1 fully saturated rings. The van der Waals surface area contributed by atoms with Gasteiger partial charge in [0.05, 0.1) is 12.7 Å². The third kappa shape index (κ3) is 6.67. The van der Waals surface area contributed by atoms with Gasteiger partial charge in [0.2, 0.25) is 0 Å². The topological polar surface area (TPSA) is 116 Å². The minimum atomic E-state index is -0.595. The number of carbonyl (C=O) groups excluding carboxylic acids is 1. The van der Waals surface area contributed by atoms with Gasteiger partial charge in [-0.25, -0.2) is 0 Å². The summed E-state index contributed by atoms with van der Waals surface area (Å²) in [6.45, 7) is 14.4. The summed E-state index contributed by atoms with van der Waals surface area (Å²) in [6, 6.07) is 10.8. The molecule has 2 aromatic carbocycles. The second-order valence-corrected chi connectivity index (χ2v) is 9.53. The van der Waals surface area contributed by atoms with Crippen molar-refractivity contribution in [3.8, 4) is 11.5 Å². The van der Waals surface area contributed by atoms with E-state index in [0.29, 0.717) is 18.0 Å². The van der Waals surface area contributed by atoms with Crippen molar-refractivity contribution < 1.29 is 14.6 Å². The number of hydrogen-bond donors (Lipinski definition) is 4. The lowest BCUT2D eigenvalue weighted by molar-refractivity contribution is -0.114. The Hall–Kier alpha value is -3.43. The normalized spacial score (nSPS) is 14.4. The summed E-state index contributed by atoms with van der Waals surface area (Å²) in [5.41, 5.74) is 2.67. The van der Waals surface area contributed by atoms with Crippen LogP contribution >= 0.6 is 0 Å². The zero-order valence-electron chi connectivity index (χ0n) is 22.6.